The molecule has 0 aliphatic heterocycles. The molecule has 0 saturated carbocycles. The Morgan fingerprint density at radius 3 is 2.71 bits per heavy atom. The second kappa shape index (κ2) is 4.97. The second-order valence-electron chi connectivity index (χ2n) is 4.10. The summed E-state index contributed by atoms with van der Waals surface area (Å²) in [6.45, 7) is 6.27. The third kappa shape index (κ3) is 3.75. The number of nitrogens with two attached hydrogens (primary N) is 1. The fourth-order valence-electron chi connectivity index (χ4n) is 1.60. The van der Waals surface area contributed by atoms with E-state index in [2.05, 4.69) is 51.1 Å². The van der Waals surface area contributed by atoms with Crippen molar-refractivity contribution in [3.8, 4) is 0 Å². The van der Waals surface area contributed by atoms with Gasteiger partial charge >= 0.3 is 0 Å². The van der Waals surface area contributed by atoms with E-state index < -0.39 is 0 Å². The zero-order chi connectivity index (χ0) is 10.6. The lowest BCUT2D eigenvalue weighted by atomic mass is 10.0. The molecule has 0 heterocycles. The minimum absolute atomic E-state index is 0.141. The van der Waals surface area contributed by atoms with E-state index in [1.807, 2.05) is 0 Å². The molecular weight excluding hydrogens is 170 g/mol. The minimum Gasteiger partial charge on any atom is -0.324 e. The maximum absolute atomic E-state index is 5.98. The van der Waals surface area contributed by atoms with Gasteiger partial charge in [-0.15, -0.1) is 0 Å². The van der Waals surface area contributed by atoms with E-state index in [9.17, 15) is 0 Å². The molecule has 1 heteroatoms. The Kier molecular flexibility index (Phi) is 3.90. The van der Waals surface area contributed by atoms with Crippen LogP contribution < -0.4 is 5.73 Å². The van der Waals surface area contributed by atoms with Crippen molar-refractivity contribution in [2.75, 3.05) is 0 Å². The smallest absolute Gasteiger partial charge is 0.0267 e. The molecule has 1 rings (SSSR count). The third-order valence-corrected chi connectivity index (χ3v) is 2.10. The van der Waals surface area contributed by atoms with Crippen LogP contribution in [-0.2, 0) is 6.42 Å². The molecule has 0 aliphatic carbocycles. The van der Waals surface area contributed by atoms with Crippen LogP contribution in [0.15, 0.2) is 35.9 Å². The van der Waals surface area contributed by atoms with Crippen LogP contribution >= 0.6 is 0 Å². The molecule has 1 unspecified atom stereocenters. The fourth-order valence-corrected chi connectivity index (χ4v) is 1.60. The quantitative estimate of drug-likeness (QED) is 0.727. The number of aryl methyl sites for hydroxylation is 1. The van der Waals surface area contributed by atoms with Crippen LogP contribution in [0.2, 0.25) is 0 Å². The van der Waals surface area contributed by atoms with Crippen LogP contribution in [0.3, 0.4) is 0 Å². The largest absolute Gasteiger partial charge is 0.324 e. The van der Waals surface area contributed by atoms with E-state index in [0.29, 0.717) is 0 Å². The first-order chi connectivity index (χ1) is 6.58. The molecule has 0 radical (unpaired) electrons. The van der Waals surface area contributed by atoms with Crippen molar-refractivity contribution in [1.82, 2.24) is 0 Å². The number of hydrogen-bond donors (Lipinski definition) is 1. The molecule has 1 aromatic rings. The van der Waals surface area contributed by atoms with Gasteiger partial charge in [-0.1, -0.05) is 41.5 Å². The topological polar surface area (TPSA) is 26.0 Å². The molecule has 1 aromatic carbocycles. The lowest BCUT2D eigenvalue weighted by Gasteiger charge is -2.08. The Hall–Kier alpha value is -1.08. The number of allylic oxidation sites excluding steroid dienone is 1. The van der Waals surface area contributed by atoms with Gasteiger partial charge < -0.3 is 5.73 Å². The van der Waals surface area contributed by atoms with Crippen molar-refractivity contribution in [3.05, 3.63) is 47.0 Å². The molecule has 2 N–H and O–H groups in total. The Bertz CT molecular complexity index is 322. The van der Waals surface area contributed by atoms with Gasteiger partial charge in [0.1, 0.15) is 0 Å². The zero-order valence-corrected chi connectivity index (χ0v) is 9.25. The highest BCUT2D eigenvalue weighted by molar-refractivity contribution is 5.23. The predicted molar refractivity (Wildman–Crippen MR) is 62.3 cm³/mol. The SMILES string of the molecule is CC(C)=CC(N)Cc1cccc(C)c1. The summed E-state index contributed by atoms with van der Waals surface area (Å²) in [6, 6.07) is 8.65. The van der Waals surface area contributed by atoms with Crippen molar-refractivity contribution in [3.63, 3.8) is 0 Å². The van der Waals surface area contributed by atoms with Crippen molar-refractivity contribution in [2.45, 2.75) is 33.2 Å². The Balaban J connectivity index is 2.65. The molecule has 1 atom stereocenters. The number of hydrogen-bond acceptors (Lipinski definition) is 1. The molecule has 0 bridgehead atoms. The number of rotatable bonds is 3. The van der Waals surface area contributed by atoms with Crippen molar-refractivity contribution in [2.24, 2.45) is 5.73 Å². The maximum Gasteiger partial charge on any atom is 0.0267 e. The van der Waals surface area contributed by atoms with Crippen LogP contribution in [-0.4, -0.2) is 6.04 Å². The highest BCUT2D eigenvalue weighted by Crippen LogP contribution is 2.07. The van der Waals surface area contributed by atoms with E-state index in [0.717, 1.165) is 6.42 Å². The van der Waals surface area contributed by atoms with Crippen molar-refractivity contribution in [1.29, 1.82) is 0 Å². The zero-order valence-electron chi connectivity index (χ0n) is 9.25. The summed E-state index contributed by atoms with van der Waals surface area (Å²) < 4.78 is 0. The highest BCUT2D eigenvalue weighted by Gasteiger charge is 2.00. The van der Waals surface area contributed by atoms with Crippen LogP contribution in [0, 0.1) is 6.92 Å². The van der Waals surface area contributed by atoms with Crippen molar-refractivity contribution >= 4 is 0 Å². The average molecular weight is 189 g/mol. The van der Waals surface area contributed by atoms with E-state index in [1.54, 1.807) is 0 Å². The van der Waals surface area contributed by atoms with E-state index in [4.69, 9.17) is 5.73 Å². The standard InChI is InChI=1S/C13H19N/c1-10(2)7-13(14)9-12-6-4-5-11(3)8-12/h4-8,13H,9,14H2,1-3H3. The van der Waals surface area contributed by atoms with E-state index in [1.165, 1.54) is 16.7 Å². The fraction of sp³-hybridized carbons (Fsp3) is 0.385. The van der Waals surface area contributed by atoms with Gasteiger partial charge in [0.15, 0.2) is 0 Å². The summed E-state index contributed by atoms with van der Waals surface area (Å²) in [6.07, 6.45) is 3.04. The normalized spacial score (nSPS) is 12.3. The van der Waals surface area contributed by atoms with Crippen molar-refractivity contribution < 1.29 is 0 Å². The van der Waals surface area contributed by atoms with Crippen LogP contribution in [0.5, 0.6) is 0 Å². The van der Waals surface area contributed by atoms with Gasteiger partial charge in [0, 0.05) is 6.04 Å². The number of benzene rings is 1. The Labute approximate surface area is 86.6 Å². The van der Waals surface area contributed by atoms with Gasteiger partial charge in [-0.3, -0.25) is 0 Å². The molecule has 14 heavy (non-hydrogen) atoms. The molecule has 76 valence electrons. The minimum atomic E-state index is 0.141. The average Bonchev–Trinajstić information content (AvgIpc) is 2.01. The molecule has 0 fully saturated rings. The first kappa shape index (κ1) is 11.0. The summed E-state index contributed by atoms with van der Waals surface area (Å²) in [7, 11) is 0. The van der Waals surface area contributed by atoms with Gasteiger partial charge in [0.05, 0.1) is 0 Å². The van der Waals surface area contributed by atoms with Gasteiger partial charge in [-0.05, 0) is 32.8 Å². The molecule has 1 nitrogen and oxygen atoms in total. The summed E-state index contributed by atoms with van der Waals surface area (Å²) >= 11 is 0. The van der Waals surface area contributed by atoms with Crippen LogP contribution in [0.25, 0.3) is 0 Å². The monoisotopic (exact) mass is 189 g/mol. The lowest BCUT2D eigenvalue weighted by Crippen LogP contribution is -2.20. The van der Waals surface area contributed by atoms with Gasteiger partial charge in [-0.25, -0.2) is 0 Å². The second-order valence-corrected chi connectivity index (χ2v) is 4.10. The first-order valence-electron chi connectivity index (χ1n) is 5.04. The predicted octanol–water partition coefficient (Wildman–Crippen LogP) is 2.83. The molecular formula is C13H19N. The molecule has 0 saturated heterocycles. The van der Waals surface area contributed by atoms with E-state index in [-0.39, 0.29) is 6.04 Å². The molecule has 0 amide bonds. The molecule has 0 aromatic heterocycles. The third-order valence-electron chi connectivity index (χ3n) is 2.10. The molecule has 0 aliphatic rings. The highest BCUT2D eigenvalue weighted by atomic mass is 14.6. The summed E-state index contributed by atoms with van der Waals surface area (Å²) in [4.78, 5) is 0. The van der Waals surface area contributed by atoms with E-state index >= 15 is 0 Å². The lowest BCUT2D eigenvalue weighted by molar-refractivity contribution is 0.802. The molecule has 0 spiro atoms. The first-order valence-corrected chi connectivity index (χ1v) is 5.04. The maximum atomic E-state index is 5.98. The Morgan fingerprint density at radius 2 is 2.14 bits per heavy atom. The summed E-state index contributed by atoms with van der Waals surface area (Å²) in [5, 5.41) is 0. The van der Waals surface area contributed by atoms with Gasteiger partial charge in [0.2, 0.25) is 0 Å². The summed E-state index contributed by atoms with van der Waals surface area (Å²) in [5.41, 5.74) is 9.88. The van der Waals surface area contributed by atoms with Gasteiger partial charge in [0.25, 0.3) is 0 Å². The summed E-state index contributed by atoms with van der Waals surface area (Å²) in [5.74, 6) is 0. The Morgan fingerprint density at radius 1 is 1.43 bits per heavy atom. The van der Waals surface area contributed by atoms with Crippen LogP contribution in [0.4, 0.5) is 0 Å². The van der Waals surface area contributed by atoms with Gasteiger partial charge in [-0.2, -0.15) is 0 Å². The van der Waals surface area contributed by atoms with Crippen LogP contribution in [0.1, 0.15) is 25.0 Å².